The van der Waals surface area contributed by atoms with Crippen molar-refractivity contribution in [3.8, 4) is 11.5 Å². The van der Waals surface area contributed by atoms with Crippen LogP contribution in [0.5, 0.6) is 11.5 Å². The van der Waals surface area contributed by atoms with Gasteiger partial charge in [-0.15, -0.1) is 0 Å². The monoisotopic (exact) mass is 367 g/mol. The average molecular weight is 368 g/mol. The van der Waals surface area contributed by atoms with Crippen LogP contribution in [0.4, 0.5) is 5.95 Å². The van der Waals surface area contributed by atoms with Gasteiger partial charge in [-0.1, -0.05) is 11.8 Å². The zero-order valence-electron chi connectivity index (χ0n) is 11.4. The van der Waals surface area contributed by atoms with E-state index in [-0.39, 0.29) is 0 Å². The van der Waals surface area contributed by atoms with Gasteiger partial charge in [-0.25, -0.2) is 9.97 Å². The van der Waals surface area contributed by atoms with Gasteiger partial charge in [-0.2, -0.15) is 0 Å². The van der Waals surface area contributed by atoms with Crippen LogP contribution in [0.3, 0.4) is 0 Å². The molecule has 2 aromatic rings. The first-order chi connectivity index (χ1) is 10.3. The summed E-state index contributed by atoms with van der Waals surface area (Å²) in [5.74, 6) is 2.20. The fourth-order valence-electron chi connectivity index (χ4n) is 1.87. The lowest BCUT2D eigenvalue weighted by molar-refractivity contribution is 0.171. The Balaban J connectivity index is 1.84. The van der Waals surface area contributed by atoms with Crippen LogP contribution in [0.25, 0.3) is 0 Å². The van der Waals surface area contributed by atoms with E-state index in [9.17, 15) is 0 Å². The molecule has 0 saturated carbocycles. The molecule has 0 amide bonds. The number of nitrogens with zero attached hydrogens (tertiary/aromatic N) is 2. The van der Waals surface area contributed by atoms with Gasteiger partial charge in [0.1, 0.15) is 18.2 Å². The molecule has 0 unspecified atom stereocenters. The van der Waals surface area contributed by atoms with Crippen molar-refractivity contribution in [2.45, 2.75) is 16.8 Å². The predicted octanol–water partition coefficient (Wildman–Crippen LogP) is 3.59. The Morgan fingerprint density at radius 3 is 2.90 bits per heavy atom. The zero-order valence-corrected chi connectivity index (χ0v) is 13.8. The summed E-state index contributed by atoms with van der Waals surface area (Å²) in [5, 5.41) is 3.97. The first-order valence-corrected chi connectivity index (χ1v) is 8.21. The van der Waals surface area contributed by atoms with Crippen LogP contribution in [0.15, 0.2) is 38.8 Å². The second-order valence-electron chi connectivity index (χ2n) is 4.28. The van der Waals surface area contributed by atoms with Gasteiger partial charge in [0.2, 0.25) is 5.95 Å². The van der Waals surface area contributed by atoms with Crippen molar-refractivity contribution in [2.75, 3.05) is 25.1 Å². The van der Waals surface area contributed by atoms with Gasteiger partial charge in [0.05, 0.1) is 4.47 Å². The van der Waals surface area contributed by atoms with E-state index < -0.39 is 0 Å². The smallest absolute Gasteiger partial charge is 0.223 e. The SMILES string of the molecule is CCNc1ncc(Br)c(Sc2ccc3c(c2)OCCO3)n1. The van der Waals surface area contributed by atoms with Gasteiger partial charge in [0, 0.05) is 17.6 Å². The van der Waals surface area contributed by atoms with Crippen molar-refractivity contribution in [3.05, 3.63) is 28.9 Å². The maximum absolute atomic E-state index is 5.60. The first kappa shape index (κ1) is 14.5. The normalized spacial score (nSPS) is 13.0. The molecule has 1 aromatic heterocycles. The van der Waals surface area contributed by atoms with E-state index in [1.54, 1.807) is 18.0 Å². The quantitative estimate of drug-likeness (QED) is 0.833. The highest BCUT2D eigenvalue weighted by molar-refractivity contribution is 9.10. The van der Waals surface area contributed by atoms with Crippen molar-refractivity contribution in [1.29, 1.82) is 0 Å². The number of aromatic nitrogens is 2. The maximum Gasteiger partial charge on any atom is 0.223 e. The van der Waals surface area contributed by atoms with Gasteiger partial charge in [-0.05, 0) is 41.1 Å². The number of rotatable bonds is 4. The summed E-state index contributed by atoms with van der Waals surface area (Å²) >= 11 is 5.04. The number of fused-ring (bicyclic) bond motifs is 1. The second-order valence-corrected chi connectivity index (χ2v) is 6.20. The van der Waals surface area contributed by atoms with Gasteiger partial charge < -0.3 is 14.8 Å². The molecule has 0 aliphatic carbocycles. The number of hydrogen-bond acceptors (Lipinski definition) is 6. The lowest BCUT2D eigenvalue weighted by Gasteiger charge is -2.18. The molecule has 5 nitrogen and oxygen atoms in total. The number of halogens is 1. The van der Waals surface area contributed by atoms with E-state index in [4.69, 9.17) is 9.47 Å². The van der Waals surface area contributed by atoms with Crippen molar-refractivity contribution in [1.82, 2.24) is 9.97 Å². The summed E-state index contributed by atoms with van der Waals surface area (Å²) in [6.07, 6.45) is 1.76. The Kier molecular flexibility index (Phi) is 4.50. The van der Waals surface area contributed by atoms with Crippen LogP contribution < -0.4 is 14.8 Å². The topological polar surface area (TPSA) is 56.3 Å². The molecule has 0 fully saturated rings. The molecule has 0 bridgehead atoms. The van der Waals surface area contributed by atoms with Crippen molar-refractivity contribution >= 4 is 33.6 Å². The highest BCUT2D eigenvalue weighted by Gasteiger charge is 2.13. The Morgan fingerprint density at radius 2 is 2.10 bits per heavy atom. The van der Waals surface area contributed by atoms with Gasteiger partial charge in [0.15, 0.2) is 11.5 Å². The van der Waals surface area contributed by atoms with Crippen LogP contribution >= 0.6 is 27.7 Å². The molecule has 1 aliphatic heterocycles. The number of anilines is 1. The molecule has 21 heavy (non-hydrogen) atoms. The summed E-state index contributed by atoms with van der Waals surface area (Å²) in [6.45, 7) is 3.99. The van der Waals surface area contributed by atoms with E-state index in [0.717, 1.165) is 32.4 Å². The summed E-state index contributed by atoms with van der Waals surface area (Å²) in [4.78, 5) is 9.75. The Labute approximate surface area is 135 Å². The molecular formula is C14H14BrN3O2S. The van der Waals surface area contributed by atoms with Gasteiger partial charge in [0.25, 0.3) is 0 Å². The fourth-order valence-corrected chi connectivity index (χ4v) is 3.11. The Morgan fingerprint density at radius 1 is 1.29 bits per heavy atom. The summed E-state index contributed by atoms with van der Waals surface area (Å²) in [5.41, 5.74) is 0. The molecule has 3 rings (SSSR count). The lowest BCUT2D eigenvalue weighted by atomic mass is 10.3. The fraction of sp³-hybridized carbons (Fsp3) is 0.286. The minimum atomic E-state index is 0.586. The molecule has 110 valence electrons. The highest BCUT2D eigenvalue weighted by atomic mass is 79.9. The van der Waals surface area contributed by atoms with Gasteiger partial charge >= 0.3 is 0 Å². The molecule has 2 heterocycles. The molecule has 0 spiro atoms. The number of ether oxygens (including phenoxy) is 2. The van der Waals surface area contributed by atoms with Crippen LogP contribution in [0.1, 0.15) is 6.92 Å². The third-order valence-corrected chi connectivity index (χ3v) is 4.61. The molecule has 7 heteroatoms. The van der Waals surface area contributed by atoms with Crippen LogP contribution in [0.2, 0.25) is 0 Å². The van der Waals surface area contributed by atoms with E-state index in [1.165, 1.54) is 0 Å². The maximum atomic E-state index is 5.60. The van der Waals surface area contributed by atoms with Gasteiger partial charge in [-0.3, -0.25) is 0 Å². The molecule has 0 saturated heterocycles. The number of hydrogen-bond donors (Lipinski definition) is 1. The molecule has 1 aliphatic rings. The lowest BCUT2D eigenvalue weighted by Crippen LogP contribution is -2.15. The number of benzene rings is 1. The predicted molar refractivity (Wildman–Crippen MR) is 85.5 cm³/mol. The summed E-state index contributed by atoms with van der Waals surface area (Å²) < 4.78 is 12.0. The second kappa shape index (κ2) is 6.53. The minimum absolute atomic E-state index is 0.586. The van der Waals surface area contributed by atoms with Crippen molar-refractivity contribution in [3.63, 3.8) is 0 Å². The Bertz CT molecular complexity index is 654. The molecule has 0 radical (unpaired) electrons. The third kappa shape index (κ3) is 3.41. The summed E-state index contributed by atoms with van der Waals surface area (Å²) in [6, 6.07) is 5.90. The van der Waals surface area contributed by atoms with Crippen LogP contribution in [-0.2, 0) is 0 Å². The summed E-state index contributed by atoms with van der Waals surface area (Å²) in [7, 11) is 0. The van der Waals surface area contributed by atoms with E-state index in [2.05, 4.69) is 31.2 Å². The number of nitrogens with one attached hydrogen (secondary N) is 1. The molecule has 1 aromatic carbocycles. The standard InChI is InChI=1S/C14H14BrN3O2S/c1-2-16-14-17-8-10(15)13(18-14)21-9-3-4-11-12(7-9)20-6-5-19-11/h3-4,7-8H,2,5-6H2,1H3,(H,16,17,18). The zero-order chi connectivity index (χ0) is 14.7. The highest BCUT2D eigenvalue weighted by Crippen LogP contribution is 2.38. The largest absolute Gasteiger partial charge is 0.486 e. The average Bonchev–Trinajstić information content (AvgIpc) is 2.51. The Hall–Kier alpha value is -1.47. The third-order valence-electron chi connectivity index (χ3n) is 2.77. The minimum Gasteiger partial charge on any atom is -0.486 e. The van der Waals surface area contributed by atoms with Crippen molar-refractivity contribution < 1.29 is 9.47 Å². The molecule has 0 atom stereocenters. The van der Waals surface area contributed by atoms with E-state index >= 15 is 0 Å². The van der Waals surface area contributed by atoms with E-state index in [0.29, 0.717) is 19.2 Å². The van der Waals surface area contributed by atoms with Crippen LogP contribution in [0, 0.1) is 0 Å². The molecule has 1 N–H and O–H groups in total. The van der Waals surface area contributed by atoms with E-state index in [1.807, 2.05) is 25.1 Å². The van der Waals surface area contributed by atoms with Crippen molar-refractivity contribution in [2.24, 2.45) is 0 Å². The van der Waals surface area contributed by atoms with Crippen LogP contribution in [-0.4, -0.2) is 29.7 Å². The molecular weight excluding hydrogens is 354 g/mol. The first-order valence-electron chi connectivity index (χ1n) is 6.60.